The third-order valence-corrected chi connectivity index (χ3v) is 4.13. The second-order valence-corrected chi connectivity index (χ2v) is 5.98. The molecule has 4 nitrogen and oxygen atoms in total. The van der Waals surface area contributed by atoms with Gasteiger partial charge in [-0.1, -0.05) is 18.2 Å². The summed E-state index contributed by atoms with van der Waals surface area (Å²) in [6, 6.07) is 10.5. The van der Waals surface area contributed by atoms with Crippen molar-refractivity contribution in [2.24, 2.45) is 0 Å². The molecule has 1 aromatic carbocycles. The molecule has 1 aliphatic heterocycles. The van der Waals surface area contributed by atoms with Crippen molar-refractivity contribution in [2.75, 3.05) is 19.7 Å². The Labute approximate surface area is 126 Å². The van der Waals surface area contributed by atoms with Gasteiger partial charge in [-0.15, -0.1) is 0 Å². The van der Waals surface area contributed by atoms with Gasteiger partial charge in [0, 0.05) is 19.1 Å². The number of benzene rings is 1. The first-order valence-electron chi connectivity index (χ1n) is 8.05. The van der Waals surface area contributed by atoms with Crippen LogP contribution in [0.2, 0.25) is 0 Å². The van der Waals surface area contributed by atoms with Crippen LogP contribution < -0.4 is 10.1 Å². The summed E-state index contributed by atoms with van der Waals surface area (Å²) in [4.78, 5) is 14.4. The third-order valence-electron chi connectivity index (χ3n) is 4.13. The number of hydrogen-bond donors (Lipinski definition) is 1. The van der Waals surface area contributed by atoms with E-state index in [1.54, 1.807) is 0 Å². The first-order valence-corrected chi connectivity index (χ1v) is 8.05. The molecule has 2 aliphatic rings. The van der Waals surface area contributed by atoms with Crippen LogP contribution in [0.3, 0.4) is 0 Å². The van der Waals surface area contributed by atoms with Crippen LogP contribution >= 0.6 is 0 Å². The molecule has 1 aliphatic carbocycles. The van der Waals surface area contributed by atoms with Gasteiger partial charge in [0.1, 0.15) is 5.75 Å². The number of para-hydroxylation sites is 1. The molecule has 1 saturated heterocycles. The maximum absolute atomic E-state index is 12.4. The lowest BCUT2D eigenvalue weighted by atomic mass is 10.0. The Morgan fingerprint density at radius 2 is 2.00 bits per heavy atom. The maximum atomic E-state index is 12.4. The summed E-state index contributed by atoms with van der Waals surface area (Å²) < 4.78 is 5.68. The van der Waals surface area contributed by atoms with Gasteiger partial charge in [0.2, 0.25) is 5.91 Å². The van der Waals surface area contributed by atoms with Gasteiger partial charge in [-0.05, 0) is 44.2 Å². The molecule has 0 aromatic heterocycles. The number of carbonyl (C=O) groups is 1. The SMILES string of the molecule is O=C1C(NC2CC2)CCCN1CCCOc1ccccc1. The zero-order valence-corrected chi connectivity index (χ0v) is 12.5. The van der Waals surface area contributed by atoms with Crippen molar-refractivity contribution in [3.63, 3.8) is 0 Å². The van der Waals surface area contributed by atoms with E-state index in [1.807, 2.05) is 35.2 Å². The van der Waals surface area contributed by atoms with Crippen LogP contribution in [0.5, 0.6) is 5.75 Å². The third kappa shape index (κ3) is 4.21. The zero-order valence-electron chi connectivity index (χ0n) is 12.5. The molecule has 2 fully saturated rings. The Balaban J connectivity index is 1.38. The van der Waals surface area contributed by atoms with Crippen LogP contribution in [-0.4, -0.2) is 42.6 Å². The van der Waals surface area contributed by atoms with Crippen molar-refractivity contribution in [3.8, 4) is 5.75 Å². The molecule has 1 unspecified atom stereocenters. The minimum absolute atomic E-state index is 0.0568. The standard InChI is InChI=1S/C17H24N2O2/c20-17-16(18-14-9-10-14)8-4-11-19(17)12-5-13-21-15-6-2-1-3-7-15/h1-3,6-7,14,16,18H,4-5,8-13H2. The average Bonchev–Trinajstić information content (AvgIpc) is 3.32. The minimum Gasteiger partial charge on any atom is -0.494 e. The first-order chi connectivity index (χ1) is 10.3. The van der Waals surface area contributed by atoms with Crippen LogP contribution in [0, 0.1) is 0 Å². The highest BCUT2D eigenvalue weighted by Gasteiger charge is 2.32. The number of ether oxygens (including phenoxy) is 1. The Bertz CT molecular complexity index is 459. The summed E-state index contributed by atoms with van der Waals surface area (Å²) >= 11 is 0. The van der Waals surface area contributed by atoms with E-state index < -0.39 is 0 Å². The van der Waals surface area contributed by atoms with Gasteiger partial charge < -0.3 is 15.0 Å². The van der Waals surface area contributed by atoms with Gasteiger partial charge in [-0.25, -0.2) is 0 Å². The van der Waals surface area contributed by atoms with E-state index in [0.717, 1.165) is 38.1 Å². The predicted octanol–water partition coefficient (Wildman–Crippen LogP) is 2.20. The molecule has 3 rings (SSSR count). The predicted molar refractivity (Wildman–Crippen MR) is 82.3 cm³/mol. The zero-order chi connectivity index (χ0) is 14.5. The molecule has 0 radical (unpaired) electrons. The van der Waals surface area contributed by atoms with Crippen molar-refractivity contribution in [2.45, 2.75) is 44.2 Å². The second-order valence-electron chi connectivity index (χ2n) is 5.98. The Kier molecular flexibility index (Phi) is 4.76. The van der Waals surface area contributed by atoms with E-state index in [1.165, 1.54) is 12.8 Å². The van der Waals surface area contributed by atoms with Crippen LogP contribution in [-0.2, 0) is 4.79 Å². The molecule has 0 spiro atoms. The normalized spacial score (nSPS) is 22.4. The molecule has 1 heterocycles. The lowest BCUT2D eigenvalue weighted by Gasteiger charge is -2.32. The highest BCUT2D eigenvalue weighted by atomic mass is 16.5. The van der Waals surface area contributed by atoms with Gasteiger partial charge in [0.05, 0.1) is 12.6 Å². The van der Waals surface area contributed by atoms with Gasteiger partial charge in [-0.2, -0.15) is 0 Å². The summed E-state index contributed by atoms with van der Waals surface area (Å²) in [5.41, 5.74) is 0. The largest absolute Gasteiger partial charge is 0.494 e. The first kappa shape index (κ1) is 14.4. The summed E-state index contributed by atoms with van der Waals surface area (Å²) in [7, 11) is 0. The minimum atomic E-state index is 0.0568. The molecule has 1 saturated carbocycles. The smallest absolute Gasteiger partial charge is 0.239 e. The Hall–Kier alpha value is -1.55. The molecule has 1 amide bonds. The number of hydrogen-bond acceptors (Lipinski definition) is 3. The molecular weight excluding hydrogens is 264 g/mol. The molecule has 4 heteroatoms. The highest BCUT2D eigenvalue weighted by molar-refractivity contribution is 5.82. The van der Waals surface area contributed by atoms with Crippen LogP contribution in [0.1, 0.15) is 32.1 Å². The Morgan fingerprint density at radius 1 is 1.19 bits per heavy atom. The highest BCUT2D eigenvalue weighted by Crippen LogP contribution is 2.22. The van der Waals surface area contributed by atoms with E-state index in [2.05, 4.69) is 5.32 Å². The molecule has 1 N–H and O–H groups in total. The lowest BCUT2D eigenvalue weighted by Crippen LogP contribution is -2.51. The van der Waals surface area contributed by atoms with Crippen molar-refractivity contribution in [1.29, 1.82) is 0 Å². The van der Waals surface area contributed by atoms with Crippen LogP contribution in [0.25, 0.3) is 0 Å². The topological polar surface area (TPSA) is 41.6 Å². The van der Waals surface area contributed by atoms with Gasteiger partial charge >= 0.3 is 0 Å². The molecule has 114 valence electrons. The summed E-state index contributed by atoms with van der Waals surface area (Å²) in [6.45, 7) is 2.36. The molecule has 21 heavy (non-hydrogen) atoms. The molecule has 1 atom stereocenters. The van der Waals surface area contributed by atoms with Gasteiger partial charge in [0.15, 0.2) is 0 Å². The Morgan fingerprint density at radius 3 is 2.76 bits per heavy atom. The number of nitrogens with one attached hydrogen (secondary N) is 1. The number of likely N-dealkylation sites (tertiary alicyclic amines) is 1. The quantitative estimate of drug-likeness (QED) is 0.782. The number of rotatable bonds is 7. The number of amides is 1. The summed E-state index contributed by atoms with van der Waals surface area (Å²) in [5, 5.41) is 3.47. The fourth-order valence-electron chi connectivity index (χ4n) is 2.81. The van der Waals surface area contributed by atoms with Crippen molar-refractivity contribution < 1.29 is 9.53 Å². The van der Waals surface area contributed by atoms with E-state index in [9.17, 15) is 4.79 Å². The van der Waals surface area contributed by atoms with Gasteiger partial charge in [-0.3, -0.25) is 4.79 Å². The fourth-order valence-corrected chi connectivity index (χ4v) is 2.81. The van der Waals surface area contributed by atoms with E-state index in [-0.39, 0.29) is 11.9 Å². The molecule has 0 bridgehead atoms. The molecule has 1 aromatic rings. The van der Waals surface area contributed by atoms with E-state index >= 15 is 0 Å². The van der Waals surface area contributed by atoms with Crippen LogP contribution in [0.4, 0.5) is 0 Å². The maximum Gasteiger partial charge on any atom is 0.239 e. The summed E-state index contributed by atoms with van der Waals surface area (Å²) in [6.07, 6.45) is 5.45. The monoisotopic (exact) mass is 288 g/mol. The van der Waals surface area contributed by atoms with Crippen LogP contribution in [0.15, 0.2) is 30.3 Å². The van der Waals surface area contributed by atoms with Gasteiger partial charge in [0.25, 0.3) is 0 Å². The summed E-state index contributed by atoms with van der Waals surface area (Å²) in [5.74, 6) is 1.18. The molecular formula is C17H24N2O2. The van der Waals surface area contributed by atoms with E-state index in [4.69, 9.17) is 4.74 Å². The lowest BCUT2D eigenvalue weighted by molar-refractivity contribution is -0.136. The fraction of sp³-hybridized carbons (Fsp3) is 0.588. The van der Waals surface area contributed by atoms with Crippen molar-refractivity contribution in [1.82, 2.24) is 10.2 Å². The van der Waals surface area contributed by atoms with Crippen molar-refractivity contribution in [3.05, 3.63) is 30.3 Å². The average molecular weight is 288 g/mol. The number of carbonyl (C=O) groups excluding carboxylic acids is 1. The number of piperidine rings is 1. The van der Waals surface area contributed by atoms with Crippen molar-refractivity contribution >= 4 is 5.91 Å². The second kappa shape index (κ2) is 6.94. The van der Waals surface area contributed by atoms with E-state index in [0.29, 0.717) is 12.6 Å². The number of nitrogens with zero attached hydrogens (tertiary/aromatic N) is 1.